The number of halogens is 3. The van der Waals surface area contributed by atoms with Gasteiger partial charge in [0, 0.05) is 28.2 Å². The van der Waals surface area contributed by atoms with E-state index in [1.54, 1.807) is 19.2 Å². The molecule has 0 radical (unpaired) electrons. The monoisotopic (exact) mass is 485 g/mol. The number of methoxy groups -OCH3 is 1. The topological polar surface area (TPSA) is 30.5 Å². The molecule has 1 aliphatic carbocycles. The highest BCUT2D eigenvalue weighted by molar-refractivity contribution is 9.10. The van der Waals surface area contributed by atoms with E-state index < -0.39 is 0 Å². The minimum Gasteiger partial charge on any atom is -0.493 e. The smallest absolute Gasteiger partial charge is 0.175 e. The lowest BCUT2D eigenvalue weighted by molar-refractivity contribution is 0.282. The van der Waals surface area contributed by atoms with Crippen molar-refractivity contribution < 1.29 is 9.47 Å². The Bertz CT molecular complexity index is 772. The van der Waals surface area contributed by atoms with Crippen LogP contribution in [-0.4, -0.2) is 13.2 Å². The molecule has 3 nitrogen and oxygen atoms in total. The van der Waals surface area contributed by atoms with Crippen LogP contribution in [0.2, 0.25) is 10.0 Å². The van der Waals surface area contributed by atoms with E-state index in [-0.39, 0.29) is 6.61 Å². The van der Waals surface area contributed by atoms with Gasteiger partial charge in [0.15, 0.2) is 11.5 Å². The Labute approximate surface area is 185 Å². The standard InChI is InChI=1S/C22H26BrCl2NO2/c1-27-21-12-15(13-26-16-7-4-2-3-5-8-16)11-18(23)22(21)28-14-17-19(24)9-6-10-20(17)25/h6,9-12,16,26H,2-5,7-8,13-14H2,1H3. The molecule has 0 bridgehead atoms. The van der Waals surface area contributed by atoms with E-state index in [9.17, 15) is 0 Å². The Morgan fingerprint density at radius 2 is 1.75 bits per heavy atom. The molecule has 0 atom stereocenters. The van der Waals surface area contributed by atoms with Crippen molar-refractivity contribution in [1.29, 1.82) is 0 Å². The molecule has 0 spiro atoms. The molecule has 6 heteroatoms. The third-order valence-corrected chi connectivity index (χ3v) is 6.46. The molecular formula is C22H26BrCl2NO2. The molecule has 0 amide bonds. The van der Waals surface area contributed by atoms with Crippen LogP contribution < -0.4 is 14.8 Å². The van der Waals surface area contributed by atoms with Crippen molar-refractivity contribution in [2.24, 2.45) is 0 Å². The SMILES string of the molecule is COc1cc(CNC2CCCCCC2)cc(Br)c1OCc1c(Cl)cccc1Cl. The fraction of sp³-hybridized carbons (Fsp3) is 0.455. The molecule has 0 unspecified atom stereocenters. The maximum Gasteiger partial charge on any atom is 0.175 e. The lowest BCUT2D eigenvalue weighted by Crippen LogP contribution is -2.27. The first-order valence-electron chi connectivity index (χ1n) is 9.74. The summed E-state index contributed by atoms with van der Waals surface area (Å²) in [5.41, 5.74) is 1.93. The molecule has 28 heavy (non-hydrogen) atoms. The van der Waals surface area contributed by atoms with Crippen LogP contribution in [0.3, 0.4) is 0 Å². The molecule has 1 fully saturated rings. The highest BCUT2D eigenvalue weighted by Gasteiger charge is 2.16. The van der Waals surface area contributed by atoms with Crippen LogP contribution in [0, 0.1) is 0 Å². The molecule has 0 saturated heterocycles. The van der Waals surface area contributed by atoms with Crippen molar-refractivity contribution in [2.45, 2.75) is 57.7 Å². The summed E-state index contributed by atoms with van der Waals surface area (Å²) >= 11 is 16.1. The summed E-state index contributed by atoms with van der Waals surface area (Å²) in [5.74, 6) is 1.34. The molecular weight excluding hydrogens is 461 g/mol. The summed E-state index contributed by atoms with van der Waals surface area (Å²) in [5, 5.41) is 4.88. The summed E-state index contributed by atoms with van der Waals surface area (Å²) in [4.78, 5) is 0. The highest BCUT2D eigenvalue weighted by Crippen LogP contribution is 2.38. The van der Waals surface area contributed by atoms with Crippen molar-refractivity contribution in [2.75, 3.05) is 7.11 Å². The predicted octanol–water partition coefficient (Wildman–Crippen LogP) is 7.16. The number of ether oxygens (including phenoxy) is 2. The zero-order valence-electron chi connectivity index (χ0n) is 16.1. The largest absolute Gasteiger partial charge is 0.493 e. The maximum atomic E-state index is 6.25. The van der Waals surface area contributed by atoms with Crippen molar-refractivity contribution in [1.82, 2.24) is 5.32 Å². The molecule has 0 heterocycles. The van der Waals surface area contributed by atoms with Crippen LogP contribution >= 0.6 is 39.1 Å². The molecule has 3 rings (SSSR count). The van der Waals surface area contributed by atoms with E-state index in [0.717, 1.165) is 22.1 Å². The lowest BCUT2D eigenvalue weighted by atomic mass is 10.1. The van der Waals surface area contributed by atoms with Gasteiger partial charge in [-0.2, -0.15) is 0 Å². The van der Waals surface area contributed by atoms with Crippen LogP contribution in [0.5, 0.6) is 11.5 Å². The van der Waals surface area contributed by atoms with Crippen molar-refractivity contribution in [3.8, 4) is 11.5 Å². The second-order valence-corrected chi connectivity index (χ2v) is 8.84. The van der Waals surface area contributed by atoms with Gasteiger partial charge in [0.25, 0.3) is 0 Å². The maximum absolute atomic E-state index is 6.25. The van der Waals surface area contributed by atoms with E-state index in [1.165, 1.54) is 38.5 Å². The third-order valence-electron chi connectivity index (χ3n) is 5.16. The van der Waals surface area contributed by atoms with Gasteiger partial charge in [-0.1, -0.05) is 55.0 Å². The summed E-state index contributed by atoms with van der Waals surface area (Å²) < 4.78 is 12.4. The van der Waals surface area contributed by atoms with Crippen molar-refractivity contribution >= 4 is 39.1 Å². The van der Waals surface area contributed by atoms with Gasteiger partial charge >= 0.3 is 0 Å². The molecule has 1 saturated carbocycles. The molecule has 2 aromatic carbocycles. The molecule has 1 N–H and O–H groups in total. The Morgan fingerprint density at radius 1 is 1.07 bits per heavy atom. The molecule has 0 aliphatic heterocycles. The van der Waals surface area contributed by atoms with E-state index in [0.29, 0.717) is 27.6 Å². The first kappa shape index (κ1) is 21.8. The third kappa shape index (κ3) is 5.79. The van der Waals surface area contributed by atoms with Gasteiger partial charge in [-0.25, -0.2) is 0 Å². The van der Waals surface area contributed by atoms with Gasteiger partial charge in [0.2, 0.25) is 0 Å². The minimum atomic E-state index is 0.271. The fourth-order valence-electron chi connectivity index (χ4n) is 3.58. The Kier molecular flexibility index (Phi) is 8.34. The number of nitrogens with one attached hydrogen (secondary N) is 1. The number of hydrogen-bond donors (Lipinski definition) is 1. The fourth-order valence-corrected chi connectivity index (χ4v) is 4.69. The average Bonchev–Trinajstić information content (AvgIpc) is 2.95. The summed E-state index contributed by atoms with van der Waals surface area (Å²) in [6.07, 6.45) is 7.89. The second kappa shape index (κ2) is 10.7. The van der Waals surface area contributed by atoms with Gasteiger partial charge in [0.05, 0.1) is 11.6 Å². The normalized spacial score (nSPS) is 15.3. The number of hydrogen-bond acceptors (Lipinski definition) is 3. The van der Waals surface area contributed by atoms with Gasteiger partial charge in [-0.3, -0.25) is 0 Å². The highest BCUT2D eigenvalue weighted by atomic mass is 79.9. The zero-order chi connectivity index (χ0) is 19.9. The van der Waals surface area contributed by atoms with Gasteiger partial charge in [-0.15, -0.1) is 0 Å². The van der Waals surface area contributed by atoms with E-state index in [1.807, 2.05) is 12.1 Å². The molecule has 0 aromatic heterocycles. The van der Waals surface area contributed by atoms with Crippen LogP contribution in [0.1, 0.15) is 49.7 Å². The molecule has 2 aromatic rings. The molecule has 152 valence electrons. The van der Waals surface area contributed by atoms with Crippen LogP contribution in [-0.2, 0) is 13.2 Å². The average molecular weight is 487 g/mol. The van der Waals surface area contributed by atoms with Gasteiger partial charge in [-0.05, 0) is 58.6 Å². The van der Waals surface area contributed by atoms with Gasteiger partial charge < -0.3 is 14.8 Å². The van der Waals surface area contributed by atoms with Crippen molar-refractivity contribution in [3.05, 3.63) is 56.0 Å². The Hall–Kier alpha value is -0.940. The Balaban J connectivity index is 1.68. The van der Waals surface area contributed by atoms with Crippen LogP contribution in [0.15, 0.2) is 34.8 Å². The number of benzene rings is 2. The van der Waals surface area contributed by atoms with E-state index >= 15 is 0 Å². The van der Waals surface area contributed by atoms with E-state index in [4.69, 9.17) is 32.7 Å². The minimum absolute atomic E-state index is 0.271. The second-order valence-electron chi connectivity index (χ2n) is 7.17. The predicted molar refractivity (Wildman–Crippen MR) is 120 cm³/mol. The first-order valence-corrected chi connectivity index (χ1v) is 11.3. The van der Waals surface area contributed by atoms with Crippen LogP contribution in [0.4, 0.5) is 0 Å². The van der Waals surface area contributed by atoms with Crippen molar-refractivity contribution in [3.63, 3.8) is 0 Å². The molecule has 1 aliphatic rings. The van der Waals surface area contributed by atoms with Gasteiger partial charge in [0.1, 0.15) is 6.61 Å². The Morgan fingerprint density at radius 3 is 2.39 bits per heavy atom. The summed E-state index contributed by atoms with van der Waals surface area (Å²) in [6.45, 7) is 1.09. The lowest BCUT2D eigenvalue weighted by Gasteiger charge is -2.18. The first-order chi connectivity index (χ1) is 13.6. The number of rotatable bonds is 7. The van der Waals surface area contributed by atoms with Crippen LogP contribution in [0.25, 0.3) is 0 Å². The zero-order valence-corrected chi connectivity index (χ0v) is 19.2. The quantitative estimate of drug-likeness (QED) is 0.421. The summed E-state index contributed by atoms with van der Waals surface area (Å²) in [6, 6.07) is 10.1. The summed E-state index contributed by atoms with van der Waals surface area (Å²) in [7, 11) is 1.65. The van der Waals surface area contributed by atoms with E-state index in [2.05, 4.69) is 27.3 Å².